The molecule has 3 unspecified atom stereocenters. The summed E-state index contributed by atoms with van der Waals surface area (Å²) in [6, 6.07) is 7.30. The summed E-state index contributed by atoms with van der Waals surface area (Å²) in [6.45, 7) is 2.80. The molecule has 1 fully saturated rings. The third-order valence-corrected chi connectivity index (χ3v) is 4.15. The monoisotopic (exact) mass is 295 g/mol. The lowest BCUT2D eigenvalue weighted by Gasteiger charge is -2.41. The number of carbonyl (C=O) groups excluding carboxylic acids is 1. The molecule has 4 N–H and O–H groups in total. The van der Waals surface area contributed by atoms with Gasteiger partial charge in [0, 0.05) is 11.1 Å². The number of hydrogen-bond acceptors (Lipinski definition) is 3. The number of likely N-dealkylation sites (tertiary alicyclic amines) is 1. The lowest BCUT2D eigenvalue weighted by molar-refractivity contribution is -0.125. The number of rotatable bonds is 4. The first-order valence-corrected chi connectivity index (χ1v) is 7.44. The Hall–Kier alpha value is -1.10. The van der Waals surface area contributed by atoms with Crippen molar-refractivity contribution in [2.45, 2.75) is 44.3 Å². The molecule has 20 heavy (non-hydrogen) atoms. The van der Waals surface area contributed by atoms with E-state index < -0.39 is 0 Å². The van der Waals surface area contributed by atoms with E-state index in [0.717, 1.165) is 31.4 Å². The van der Waals surface area contributed by atoms with E-state index in [1.807, 2.05) is 31.2 Å². The molecule has 0 radical (unpaired) electrons. The van der Waals surface area contributed by atoms with E-state index in [1.54, 1.807) is 0 Å². The van der Waals surface area contributed by atoms with Gasteiger partial charge in [-0.15, -0.1) is 0 Å². The first-order chi connectivity index (χ1) is 9.50. The Labute approximate surface area is 125 Å². The minimum absolute atomic E-state index is 0.0356. The predicted octanol–water partition coefficient (Wildman–Crippen LogP) is 2.07. The van der Waals surface area contributed by atoms with E-state index in [0.29, 0.717) is 5.02 Å². The number of carbonyl (C=O) groups is 1. The molecule has 0 saturated carbocycles. The summed E-state index contributed by atoms with van der Waals surface area (Å²) in [6.07, 6.45) is 2.90. The van der Waals surface area contributed by atoms with Crippen LogP contribution in [-0.2, 0) is 4.79 Å². The number of amides is 1. The highest BCUT2D eigenvalue weighted by atomic mass is 35.5. The third kappa shape index (κ3) is 3.32. The van der Waals surface area contributed by atoms with Crippen molar-refractivity contribution in [1.82, 2.24) is 4.90 Å². The highest BCUT2D eigenvalue weighted by molar-refractivity contribution is 6.30. The van der Waals surface area contributed by atoms with Crippen LogP contribution in [-0.4, -0.2) is 29.4 Å². The third-order valence-electron chi connectivity index (χ3n) is 3.92. The summed E-state index contributed by atoms with van der Waals surface area (Å²) in [4.78, 5) is 13.8. The average Bonchev–Trinajstić information content (AvgIpc) is 2.39. The Bertz CT molecular complexity index is 478. The van der Waals surface area contributed by atoms with Gasteiger partial charge >= 0.3 is 0 Å². The van der Waals surface area contributed by atoms with Gasteiger partial charge in [-0.2, -0.15) is 0 Å². The van der Waals surface area contributed by atoms with Gasteiger partial charge in [-0.25, -0.2) is 0 Å². The number of nitrogens with two attached hydrogens (primary N) is 2. The summed E-state index contributed by atoms with van der Waals surface area (Å²) in [5.41, 5.74) is 12.8. The first kappa shape index (κ1) is 15.3. The molecule has 110 valence electrons. The highest BCUT2D eigenvalue weighted by Crippen LogP contribution is 2.31. The van der Waals surface area contributed by atoms with Crippen LogP contribution in [0.3, 0.4) is 0 Å². The second-order valence-electron chi connectivity index (χ2n) is 5.51. The Balaban J connectivity index is 2.34. The molecule has 2 rings (SSSR count). The maximum atomic E-state index is 11.7. The lowest BCUT2D eigenvalue weighted by Crippen LogP contribution is -2.52. The molecule has 1 aromatic rings. The van der Waals surface area contributed by atoms with Crippen LogP contribution in [0.25, 0.3) is 0 Å². The largest absolute Gasteiger partial charge is 0.368 e. The summed E-state index contributed by atoms with van der Waals surface area (Å²) in [7, 11) is 0. The average molecular weight is 296 g/mol. The van der Waals surface area contributed by atoms with Crippen LogP contribution in [0.15, 0.2) is 24.3 Å². The standard InChI is InChI=1S/C15H22ClN3O/c1-10(17)14(11-5-4-6-12(16)9-11)19-8-3-2-7-13(19)15(18)20/h4-6,9-10,13-14H,2-3,7-8,17H2,1H3,(H2,18,20). The maximum absolute atomic E-state index is 11.7. The van der Waals surface area contributed by atoms with Gasteiger partial charge in [-0.1, -0.05) is 30.2 Å². The molecular weight excluding hydrogens is 274 g/mol. The second-order valence-corrected chi connectivity index (χ2v) is 5.95. The number of hydrogen-bond donors (Lipinski definition) is 2. The Morgan fingerprint density at radius 2 is 2.20 bits per heavy atom. The van der Waals surface area contributed by atoms with Crippen molar-refractivity contribution in [3.63, 3.8) is 0 Å². The zero-order chi connectivity index (χ0) is 14.7. The zero-order valence-corrected chi connectivity index (χ0v) is 12.5. The van der Waals surface area contributed by atoms with Crippen molar-refractivity contribution in [3.05, 3.63) is 34.9 Å². The van der Waals surface area contributed by atoms with Crippen LogP contribution in [0.2, 0.25) is 5.02 Å². The summed E-state index contributed by atoms with van der Waals surface area (Å²) in [5, 5.41) is 0.681. The van der Waals surface area contributed by atoms with Crippen molar-refractivity contribution < 1.29 is 4.79 Å². The fraction of sp³-hybridized carbons (Fsp3) is 0.533. The zero-order valence-electron chi connectivity index (χ0n) is 11.8. The molecule has 1 heterocycles. The number of nitrogens with zero attached hydrogens (tertiary/aromatic N) is 1. The van der Waals surface area contributed by atoms with Gasteiger partial charge in [-0.05, 0) is 44.0 Å². The van der Waals surface area contributed by atoms with Gasteiger partial charge in [0.1, 0.15) is 0 Å². The molecule has 4 nitrogen and oxygen atoms in total. The highest BCUT2D eigenvalue weighted by Gasteiger charge is 2.34. The molecule has 0 aliphatic carbocycles. The van der Waals surface area contributed by atoms with E-state index in [-0.39, 0.29) is 24.0 Å². The van der Waals surface area contributed by atoms with Crippen LogP contribution in [0, 0.1) is 0 Å². The van der Waals surface area contributed by atoms with Gasteiger partial charge in [0.25, 0.3) is 0 Å². The normalized spacial score (nSPS) is 23.2. The fourth-order valence-electron chi connectivity index (χ4n) is 3.08. The van der Waals surface area contributed by atoms with Gasteiger partial charge in [0.05, 0.1) is 12.1 Å². The Morgan fingerprint density at radius 3 is 2.80 bits per heavy atom. The maximum Gasteiger partial charge on any atom is 0.234 e. The fourth-order valence-corrected chi connectivity index (χ4v) is 3.28. The van der Waals surface area contributed by atoms with Gasteiger partial charge in [0.15, 0.2) is 0 Å². The summed E-state index contributed by atoms with van der Waals surface area (Å²) >= 11 is 6.08. The number of piperidine rings is 1. The van der Waals surface area contributed by atoms with Crippen LogP contribution < -0.4 is 11.5 Å². The molecular formula is C15H22ClN3O. The molecule has 0 spiro atoms. The molecule has 0 bridgehead atoms. The molecule has 0 aromatic heterocycles. The molecule has 5 heteroatoms. The van der Waals surface area contributed by atoms with E-state index in [1.165, 1.54) is 0 Å². The SMILES string of the molecule is CC(N)C(c1cccc(Cl)c1)N1CCCCC1C(N)=O. The number of halogens is 1. The van der Waals surface area contributed by atoms with Crippen molar-refractivity contribution in [2.24, 2.45) is 11.5 Å². The van der Waals surface area contributed by atoms with Crippen LogP contribution >= 0.6 is 11.6 Å². The lowest BCUT2D eigenvalue weighted by atomic mass is 9.92. The molecule has 1 saturated heterocycles. The summed E-state index contributed by atoms with van der Waals surface area (Å²) < 4.78 is 0. The van der Waals surface area contributed by atoms with Crippen molar-refractivity contribution in [3.8, 4) is 0 Å². The van der Waals surface area contributed by atoms with E-state index in [2.05, 4.69) is 4.90 Å². The molecule has 1 aliphatic heterocycles. The number of benzene rings is 1. The second kappa shape index (κ2) is 6.57. The van der Waals surface area contributed by atoms with Crippen molar-refractivity contribution >= 4 is 17.5 Å². The van der Waals surface area contributed by atoms with E-state index >= 15 is 0 Å². The van der Waals surface area contributed by atoms with Crippen LogP contribution in [0.5, 0.6) is 0 Å². The smallest absolute Gasteiger partial charge is 0.234 e. The van der Waals surface area contributed by atoms with Crippen molar-refractivity contribution in [1.29, 1.82) is 0 Å². The summed E-state index contributed by atoms with van der Waals surface area (Å²) in [5.74, 6) is -0.266. The Kier molecular flexibility index (Phi) is 5.02. The Morgan fingerprint density at radius 1 is 1.45 bits per heavy atom. The van der Waals surface area contributed by atoms with Crippen molar-refractivity contribution in [2.75, 3.05) is 6.54 Å². The molecule has 1 aliphatic rings. The molecule has 1 aromatic carbocycles. The predicted molar refractivity (Wildman–Crippen MR) is 81.4 cm³/mol. The topological polar surface area (TPSA) is 72.3 Å². The van der Waals surface area contributed by atoms with Gasteiger partial charge in [0.2, 0.25) is 5.91 Å². The van der Waals surface area contributed by atoms with Gasteiger partial charge < -0.3 is 11.5 Å². The minimum Gasteiger partial charge on any atom is -0.368 e. The molecule has 1 amide bonds. The van der Waals surface area contributed by atoms with Crippen LogP contribution in [0.4, 0.5) is 0 Å². The molecule has 3 atom stereocenters. The van der Waals surface area contributed by atoms with Gasteiger partial charge in [-0.3, -0.25) is 9.69 Å². The number of primary amides is 1. The van der Waals surface area contributed by atoms with Crippen LogP contribution in [0.1, 0.15) is 37.8 Å². The van der Waals surface area contributed by atoms with E-state index in [4.69, 9.17) is 23.1 Å². The quantitative estimate of drug-likeness (QED) is 0.893. The first-order valence-electron chi connectivity index (χ1n) is 7.07. The van der Waals surface area contributed by atoms with E-state index in [9.17, 15) is 4.79 Å². The minimum atomic E-state index is -0.266.